The van der Waals surface area contributed by atoms with Crippen LogP contribution in [0, 0.1) is 16.7 Å². The van der Waals surface area contributed by atoms with E-state index >= 15 is 0 Å². The van der Waals surface area contributed by atoms with Gasteiger partial charge in [-0.3, -0.25) is 4.79 Å². The monoisotopic (exact) mass is 307 g/mol. The predicted molar refractivity (Wildman–Crippen MR) is 77.1 cm³/mol. The van der Waals surface area contributed by atoms with E-state index in [9.17, 15) is 18.5 Å². The van der Waals surface area contributed by atoms with Crippen LogP contribution in [0.1, 0.15) is 25.3 Å². The van der Waals surface area contributed by atoms with Crippen LogP contribution in [-0.4, -0.2) is 32.0 Å². The third-order valence-corrected chi connectivity index (χ3v) is 6.10. The molecule has 0 amide bonds. The lowest BCUT2D eigenvalue weighted by molar-refractivity contribution is -0.147. The van der Waals surface area contributed by atoms with E-state index in [2.05, 4.69) is 0 Å². The minimum Gasteiger partial charge on any atom is -0.465 e. The van der Waals surface area contributed by atoms with Crippen molar-refractivity contribution in [1.82, 2.24) is 0 Å². The van der Waals surface area contributed by atoms with Crippen LogP contribution in [-0.2, 0) is 19.4 Å². The maximum atomic E-state index is 12.3. The van der Waals surface area contributed by atoms with Crippen molar-refractivity contribution < 1.29 is 17.9 Å². The highest BCUT2D eigenvalue weighted by molar-refractivity contribution is 7.92. The molecule has 1 aliphatic carbocycles. The number of ether oxygens (including phenoxy) is 1. The highest BCUT2D eigenvalue weighted by Gasteiger charge is 2.77. The number of hydrogen-bond acceptors (Lipinski definition) is 5. The van der Waals surface area contributed by atoms with E-state index in [1.165, 1.54) is 6.92 Å². The number of hydrogen-bond donors (Lipinski definition) is 0. The average molecular weight is 307 g/mol. The van der Waals surface area contributed by atoms with Crippen LogP contribution in [0.15, 0.2) is 30.3 Å². The predicted octanol–water partition coefficient (Wildman–Crippen LogP) is 1.66. The Morgan fingerprint density at radius 3 is 2.43 bits per heavy atom. The zero-order valence-electron chi connectivity index (χ0n) is 11.9. The summed E-state index contributed by atoms with van der Waals surface area (Å²) in [5.74, 6) is -1.51. The third kappa shape index (κ3) is 2.32. The first-order valence-electron chi connectivity index (χ1n) is 6.80. The Labute approximate surface area is 124 Å². The molecule has 0 N–H and O–H groups in total. The summed E-state index contributed by atoms with van der Waals surface area (Å²) in [5.41, 5.74) is -0.944. The summed E-state index contributed by atoms with van der Waals surface area (Å²) >= 11 is 0. The Morgan fingerprint density at radius 2 is 1.95 bits per heavy atom. The van der Waals surface area contributed by atoms with E-state index in [1.807, 2.05) is 6.07 Å². The molecule has 0 spiro atoms. The van der Waals surface area contributed by atoms with E-state index in [0.717, 1.165) is 0 Å². The first-order chi connectivity index (χ1) is 9.95. The molecule has 1 saturated carbocycles. The van der Waals surface area contributed by atoms with Crippen LogP contribution in [0.3, 0.4) is 0 Å². The van der Waals surface area contributed by atoms with Crippen molar-refractivity contribution in [2.45, 2.75) is 25.0 Å². The Kier molecular flexibility index (Phi) is 4.06. The summed E-state index contributed by atoms with van der Waals surface area (Å²) in [5, 5.41) is 8.47. The third-order valence-electron chi connectivity index (χ3n) is 3.88. The molecule has 1 aliphatic rings. The Bertz CT molecular complexity index is 677. The lowest BCUT2D eigenvalue weighted by atomic mass is 10.0. The fourth-order valence-electron chi connectivity index (χ4n) is 2.80. The molecule has 0 bridgehead atoms. The zero-order valence-corrected chi connectivity index (χ0v) is 12.8. The minimum atomic E-state index is -3.53. The van der Waals surface area contributed by atoms with E-state index in [4.69, 9.17) is 4.74 Å². The first kappa shape index (κ1) is 15.5. The number of carbonyl (C=O) groups excluding carboxylic acids is 1. The smallest absolute Gasteiger partial charge is 0.328 e. The molecule has 0 saturated heterocycles. The zero-order chi connectivity index (χ0) is 15.7. The van der Waals surface area contributed by atoms with E-state index < -0.39 is 32.4 Å². The summed E-state index contributed by atoms with van der Waals surface area (Å²) < 4.78 is 29.5. The molecule has 112 valence electrons. The van der Waals surface area contributed by atoms with Crippen LogP contribution in [0.4, 0.5) is 0 Å². The second kappa shape index (κ2) is 5.49. The van der Waals surface area contributed by atoms with Crippen LogP contribution < -0.4 is 0 Å². The first-order valence-corrected chi connectivity index (χ1v) is 8.52. The van der Waals surface area contributed by atoms with E-state index in [-0.39, 0.29) is 12.4 Å². The summed E-state index contributed by atoms with van der Waals surface area (Å²) in [6.07, 6.45) is 0. The van der Waals surface area contributed by atoms with Crippen molar-refractivity contribution in [1.29, 1.82) is 5.26 Å². The van der Waals surface area contributed by atoms with Crippen LogP contribution >= 0.6 is 0 Å². The summed E-state index contributed by atoms with van der Waals surface area (Å²) in [6.45, 7) is 3.26. The molecular formula is C15H17NO4S. The number of sulfone groups is 1. The molecule has 0 radical (unpaired) electrons. The molecule has 0 unspecified atom stereocenters. The van der Waals surface area contributed by atoms with Gasteiger partial charge in [0.2, 0.25) is 0 Å². The lowest BCUT2D eigenvalue weighted by Gasteiger charge is -2.08. The van der Waals surface area contributed by atoms with Gasteiger partial charge in [-0.15, -0.1) is 0 Å². The lowest BCUT2D eigenvalue weighted by Crippen LogP contribution is -2.26. The summed E-state index contributed by atoms with van der Waals surface area (Å²) in [7, 11) is -3.53. The fourth-order valence-corrected chi connectivity index (χ4v) is 4.73. The van der Waals surface area contributed by atoms with Crippen LogP contribution in [0.25, 0.3) is 0 Å². The second-order valence-corrected chi connectivity index (χ2v) is 7.37. The molecule has 0 heterocycles. The van der Waals surface area contributed by atoms with Crippen LogP contribution in [0.5, 0.6) is 0 Å². The van der Waals surface area contributed by atoms with Crippen molar-refractivity contribution in [3.8, 4) is 6.07 Å². The van der Waals surface area contributed by atoms with Crippen molar-refractivity contribution in [3.05, 3.63) is 35.9 Å². The molecule has 1 aromatic rings. The van der Waals surface area contributed by atoms with Gasteiger partial charge in [0.15, 0.2) is 15.3 Å². The molecule has 5 nitrogen and oxygen atoms in total. The number of esters is 1. The van der Waals surface area contributed by atoms with Gasteiger partial charge in [-0.05, 0) is 12.5 Å². The topological polar surface area (TPSA) is 84.2 Å². The van der Waals surface area contributed by atoms with Gasteiger partial charge in [0.25, 0.3) is 0 Å². The highest BCUT2D eigenvalue weighted by atomic mass is 32.2. The minimum absolute atomic E-state index is 0.107. The van der Waals surface area contributed by atoms with Gasteiger partial charge in [0.1, 0.15) is 5.25 Å². The van der Waals surface area contributed by atoms with Crippen LogP contribution in [0.2, 0.25) is 0 Å². The Morgan fingerprint density at radius 1 is 1.33 bits per heavy atom. The van der Waals surface area contributed by atoms with Gasteiger partial charge in [-0.25, -0.2) is 8.42 Å². The van der Waals surface area contributed by atoms with Gasteiger partial charge >= 0.3 is 5.97 Å². The average Bonchev–Trinajstić information content (AvgIpc) is 3.20. The number of nitriles is 1. The number of benzene rings is 1. The number of rotatable bonds is 5. The summed E-state index contributed by atoms with van der Waals surface area (Å²) in [6, 6.07) is 10.7. The molecule has 0 aliphatic heterocycles. The van der Waals surface area contributed by atoms with Gasteiger partial charge in [-0.1, -0.05) is 37.3 Å². The Hall–Kier alpha value is -1.87. The number of carbonyl (C=O) groups is 1. The van der Waals surface area contributed by atoms with Gasteiger partial charge in [-0.2, -0.15) is 5.26 Å². The van der Waals surface area contributed by atoms with Crippen molar-refractivity contribution in [2.24, 2.45) is 5.41 Å². The van der Waals surface area contributed by atoms with Gasteiger partial charge < -0.3 is 4.74 Å². The molecular weight excluding hydrogens is 290 g/mol. The SMILES string of the molecule is CCOC(=O)[C@@]1(C#N)[C@@H](c2ccccc2)[C@@H]1S(=O)(=O)CC. The quantitative estimate of drug-likeness (QED) is 0.772. The summed E-state index contributed by atoms with van der Waals surface area (Å²) in [4.78, 5) is 12.2. The van der Waals surface area contributed by atoms with Crippen molar-refractivity contribution >= 4 is 15.8 Å². The van der Waals surface area contributed by atoms with Gasteiger partial charge in [0, 0.05) is 11.7 Å². The normalized spacial score (nSPS) is 27.7. The van der Waals surface area contributed by atoms with Gasteiger partial charge in [0.05, 0.1) is 12.7 Å². The second-order valence-electron chi connectivity index (χ2n) is 4.96. The largest absolute Gasteiger partial charge is 0.465 e. The number of nitrogens with zero attached hydrogens (tertiary/aromatic N) is 1. The maximum Gasteiger partial charge on any atom is 0.328 e. The van der Waals surface area contributed by atoms with Crippen molar-refractivity contribution in [3.63, 3.8) is 0 Å². The molecule has 21 heavy (non-hydrogen) atoms. The fraction of sp³-hybridized carbons (Fsp3) is 0.467. The molecule has 3 atom stereocenters. The molecule has 0 aromatic heterocycles. The molecule has 2 rings (SSSR count). The molecule has 1 fully saturated rings. The highest BCUT2D eigenvalue weighted by Crippen LogP contribution is 2.63. The maximum absolute atomic E-state index is 12.3. The van der Waals surface area contributed by atoms with E-state index in [0.29, 0.717) is 5.56 Å². The van der Waals surface area contributed by atoms with Crippen molar-refractivity contribution in [2.75, 3.05) is 12.4 Å². The Balaban J connectivity index is 2.52. The molecule has 6 heteroatoms. The molecule has 1 aromatic carbocycles. The standard InChI is InChI=1S/C15H17NO4S/c1-3-20-14(17)15(10-16)12(11-8-6-5-7-9-11)13(15)21(18,19)4-2/h5-9,12-13H,3-4H2,1-2H3/t12-,13-,15-/m0/s1. The van der Waals surface area contributed by atoms with E-state index in [1.54, 1.807) is 37.3 Å².